The lowest BCUT2D eigenvalue weighted by Gasteiger charge is -2.36. The molecule has 0 saturated carbocycles. The lowest BCUT2D eigenvalue weighted by molar-refractivity contribution is 0.155. The van der Waals surface area contributed by atoms with Crippen LogP contribution in [0.3, 0.4) is 0 Å². The second-order valence-electron chi connectivity index (χ2n) is 7.21. The van der Waals surface area contributed by atoms with Crippen LogP contribution in [-0.2, 0) is 6.42 Å². The van der Waals surface area contributed by atoms with Gasteiger partial charge >= 0.3 is 0 Å². The zero-order valence-electron chi connectivity index (χ0n) is 15.1. The lowest BCUT2D eigenvalue weighted by atomic mass is 9.84. The van der Waals surface area contributed by atoms with E-state index in [4.69, 9.17) is 0 Å². The number of halogens is 1. The van der Waals surface area contributed by atoms with Crippen molar-refractivity contribution in [2.45, 2.75) is 78.2 Å². The van der Waals surface area contributed by atoms with Gasteiger partial charge in [0, 0.05) is 6.04 Å². The van der Waals surface area contributed by atoms with Crippen molar-refractivity contribution < 1.29 is 0 Å². The average molecular weight is 324 g/mol. The molecule has 0 aromatic heterocycles. The van der Waals surface area contributed by atoms with Crippen LogP contribution in [0.25, 0.3) is 0 Å². The van der Waals surface area contributed by atoms with E-state index in [1.807, 2.05) is 0 Å². The van der Waals surface area contributed by atoms with Crippen molar-refractivity contribution in [3.63, 3.8) is 0 Å². The monoisotopic (exact) mass is 323 g/mol. The van der Waals surface area contributed by atoms with Gasteiger partial charge in [-0.3, -0.25) is 0 Å². The maximum Gasteiger partial charge on any atom is 0.0136 e. The van der Waals surface area contributed by atoms with Crippen LogP contribution >= 0.6 is 12.4 Å². The molecule has 126 valence electrons. The maximum absolute atomic E-state index is 2.70. The predicted octanol–water partition coefficient (Wildman–Crippen LogP) is 5.77. The van der Waals surface area contributed by atoms with E-state index >= 15 is 0 Å². The minimum Gasteiger partial charge on any atom is -0.300 e. The van der Waals surface area contributed by atoms with Crippen molar-refractivity contribution >= 4 is 12.4 Å². The smallest absolute Gasteiger partial charge is 0.0136 e. The Kier molecular flexibility index (Phi) is 7.93. The van der Waals surface area contributed by atoms with Crippen molar-refractivity contribution in [1.82, 2.24) is 4.90 Å². The molecule has 1 atom stereocenters. The second-order valence-corrected chi connectivity index (χ2v) is 7.21. The topological polar surface area (TPSA) is 3.24 Å². The molecule has 0 aliphatic carbocycles. The van der Waals surface area contributed by atoms with Crippen molar-refractivity contribution in [2.24, 2.45) is 0 Å². The van der Waals surface area contributed by atoms with Gasteiger partial charge in [0.05, 0.1) is 0 Å². The van der Waals surface area contributed by atoms with E-state index in [1.165, 1.54) is 38.8 Å². The van der Waals surface area contributed by atoms with Gasteiger partial charge in [-0.2, -0.15) is 0 Å². The normalized spacial score (nSPS) is 19.5. The standard InChI is InChI=1S/C20H33N.ClH/c1-6-21-13-8-7-10-17(21)14-20-18(15(2)3)11-9-12-19(20)16(4)5;/h9,11-12,15-17H,6-8,10,13-14H2,1-5H3;1H. The summed E-state index contributed by atoms with van der Waals surface area (Å²) in [5, 5.41) is 0. The molecule has 1 unspecified atom stereocenters. The first-order chi connectivity index (χ1) is 10.0. The van der Waals surface area contributed by atoms with E-state index in [1.54, 1.807) is 16.7 Å². The minimum absolute atomic E-state index is 0. The molecule has 1 aliphatic rings. The summed E-state index contributed by atoms with van der Waals surface area (Å²) >= 11 is 0. The summed E-state index contributed by atoms with van der Waals surface area (Å²) in [6, 6.07) is 7.71. The molecule has 1 aromatic carbocycles. The van der Waals surface area contributed by atoms with Gasteiger partial charge in [0.25, 0.3) is 0 Å². The highest BCUT2D eigenvalue weighted by Crippen LogP contribution is 2.31. The summed E-state index contributed by atoms with van der Waals surface area (Å²) in [4.78, 5) is 2.70. The quantitative estimate of drug-likeness (QED) is 0.664. The van der Waals surface area contributed by atoms with Gasteiger partial charge in [-0.15, -0.1) is 12.4 Å². The van der Waals surface area contributed by atoms with Crippen molar-refractivity contribution in [3.05, 3.63) is 34.9 Å². The molecule has 0 spiro atoms. The number of likely N-dealkylation sites (N-methyl/N-ethyl adjacent to an activating group) is 1. The fourth-order valence-electron chi connectivity index (χ4n) is 3.88. The van der Waals surface area contributed by atoms with E-state index in [-0.39, 0.29) is 12.4 Å². The molecule has 0 N–H and O–H groups in total. The van der Waals surface area contributed by atoms with Gasteiger partial charge in [0.15, 0.2) is 0 Å². The Morgan fingerprint density at radius 1 is 1.05 bits per heavy atom. The molecule has 1 heterocycles. The van der Waals surface area contributed by atoms with Gasteiger partial charge in [-0.05, 0) is 60.9 Å². The zero-order chi connectivity index (χ0) is 15.4. The van der Waals surface area contributed by atoms with Crippen LogP contribution in [0.1, 0.15) is 82.4 Å². The van der Waals surface area contributed by atoms with Crippen LogP contribution in [0.2, 0.25) is 0 Å². The van der Waals surface area contributed by atoms with Gasteiger partial charge in [0.2, 0.25) is 0 Å². The van der Waals surface area contributed by atoms with E-state index < -0.39 is 0 Å². The Morgan fingerprint density at radius 3 is 2.14 bits per heavy atom. The Hall–Kier alpha value is -0.530. The first-order valence-electron chi connectivity index (χ1n) is 8.90. The molecule has 1 fully saturated rings. The van der Waals surface area contributed by atoms with E-state index in [9.17, 15) is 0 Å². The summed E-state index contributed by atoms with van der Waals surface area (Å²) in [6.07, 6.45) is 5.41. The third-order valence-electron chi connectivity index (χ3n) is 5.09. The molecule has 1 nitrogen and oxygen atoms in total. The number of nitrogens with zero attached hydrogens (tertiary/aromatic N) is 1. The van der Waals surface area contributed by atoms with Crippen LogP contribution in [0.4, 0.5) is 0 Å². The Balaban J connectivity index is 0.00000242. The summed E-state index contributed by atoms with van der Waals surface area (Å²) in [5.41, 5.74) is 4.79. The second kappa shape index (κ2) is 8.93. The first kappa shape index (κ1) is 19.5. The molecule has 2 heteroatoms. The molecule has 1 saturated heterocycles. The molecule has 2 rings (SSSR count). The summed E-state index contributed by atoms with van der Waals surface area (Å²) in [5.74, 6) is 1.25. The van der Waals surface area contributed by atoms with Crippen molar-refractivity contribution in [2.75, 3.05) is 13.1 Å². The average Bonchev–Trinajstić information content (AvgIpc) is 2.47. The Bertz CT molecular complexity index is 427. The number of piperidine rings is 1. The highest BCUT2D eigenvalue weighted by molar-refractivity contribution is 5.85. The molecule has 0 radical (unpaired) electrons. The summed E-state index contributed by atoms with van der Waals surface area (Å²) in [6.45, 7) is 14.1. The number of likely N-dealkylation sites (tertiary alicyclic amines) is 1. The minimum atomic E-state index is 0. The largest absolute Gasteiger partial charge is 0.300 e. The summed E-state index contributed by atoms with van der Waals surface area (Å²) in [7, 11) is 0. The molecule has 1 aromatic rings. The fourth-order valence-corrected chi connectivity index (χ4v) is 3.88. The van der Waals surface area contributed by atoms with Crippen molar-refractivity contribution in [1.29, 1.82) is 0 Å². The van der Waals surface area contributed by atoms with Crippen LogP contribution in [0.5, 0.6) is 0 Å². The van der Waals surface area contributed by atoms with Gasteiger partial charge in [-0.25, -0.2) is 0 Å². The zero-order valence-corrected chi connectivity index (χ0v) is 15.9. The van der Waals surface area contributed by atoms with E-state index in [2.05, 4.69) is 57.7 Å². The van der Waals surface area contributed by atoms with Crippen LogP contribution in [0, 0.1) is 0 Å². The molecule has 0 amide bonds. The Labute approximate surface area is 143 Å². The molecule has 1 aliphatic heterocycles. The molecule has 0 bridgehead atoms. The van der Waals surface area contributed by atoms with Crippen LogP contribution in [-0.4, -0.2) is 24.0 Å². The predicted molar refractivity (Wildman–Crippen MR) is 100 cm³/mol. The van der Waals surface area contributed by atoms with Crippen molar-refractivity contribution in [3.8, 4) is 0 Å². The SMILES string of the molecule is CCN1CCCCC1Cc1c(C(C)C)cccc1C(C)C.Cl. The number of hydrogen-bond donors (Lipinski definition) is 0. The highest BCUT2D eigenvalue weighted by Gasteiger charge is 2.24. The van der Waals surface area contributed by atoms with Crippen LogP contribution in [0.15, 0.2) is 18.2 Å². The Morgan fingerprint density at radius 2 is 1.64 bits per heavy atom. The first-order valence-corrected chi connectivity index (χ1v) is 8.90. The third-order valence-corrected chi connectivity index (χ3v) is 5.09. The lowest BCUT2D eigenvalue weighted by Crippen LogP contribution is -2.41. The van der Waals surface area contributed by atoms with Gasteiger partial charge in [0.1, 0.15) is 0 Å². The number of rotatable bonds is 5. The fraction of sp³-hybridized carbons (Fsp3) is 0.700. The van der Waals surface area contributed by atoms with Crippen LogP contribution < -0.4 is 0 Å². The van der Waals surface area contributed by atoms with Gasteiger partial charge < -0.3 is 4.90 Å². The summed E-state index contributed by atoms with van der Waals surface area (Å²) < 4.78 is 0. The van der Waals surface area contributed by atoms with E-state index in [0.29, 0.717) is 11.8 Å². The van der Waals surface area contributed by atoms with E-state index in [0.717, 1.165) is 6.04 Å². The van der Waals surface area contributed by atoms with Gasteiger partial charge in [-0.1, -0.05) is 59.2 Å². The molecular formula is C20H34ClN. The highest BCUT2D eigenvalue weighted by atomic mass is 35.5. The molecule has 22 heavy (non-hydrogen) atoms. The number of hydrogen-bond acceptors (Lipinski definition) is 1. The number of benzene rings is 1. The third kappa shape index (κ3) is 4.49. The molecular weight excluding hydrogens is 290 g/mol. The maximum atomic E-state index is 2.70.